The predicted molar refractivity (Wildman–Crippen MR) is 79.7 cm³/mol. The predicted octanol–water partition coefficient (Wildman–Crippen LogP) is 1.35. The van der Waals surface area contributed by atoms with Gasteiger partial charge in [0.15, 0.2) is 15.1 Å². The molecule has 1 aliphatic rings. The molecule has 2 atom stereocenters. The molecule has 2 N–H and O–H groups in total. The largest absolute Gasteiger partial charge is 0.480 e. The van der Waals surface area contributed by atoms with Gasteiger partial charge in [-0.25, -0.2) is 8.42 Å². The summed E-state index contributed by atoms with van der Waals surface area (Å²) in [5.74, 6) is -2.58. The van der Waals surface area contributed by atoms with Crippen LogP contribution in [0.25, 0.3) is 0 Å². The third kappa shape index (κ3) is 4.43. The highest BCUT2D eigenvalue weighted by Crippen LogP contribution is 2.20. The molecule has 1 aliphatic carbocycles. The van der Waals surface area contributed by atoms with Crippen LogP contribution >= 0.6 is 0 Å². The van der Waals surface area contributed by atoms with Crippen molar-refractivity contribution in [1.82, 2.24) is 5.32 Å². The summed E-state index contributed by atoms with van der Waals surface area (Å²) in [4.78, 5) is 23.3. The van der Waals surface area contributed by atoms with E-state index < -0.39 is 38.1 Å². The molecule has 0 aromatic rings. The number of carboxylic acids is 1. The molecule has 2 unspecified atom stereocenters. The van der Waals surface area contributed by atoms with Crippen molar-refractivity contribution in [3.63, 3.8) is 0 Å². The molecule has 0 radical (unpaired) electrons. The summed E-state index contributed by atoms with van der Waals surface area (Å²) >= 11 is 0. The summed E-state index contributed by atoms with van der Waals surface area (Å²) in [6.45, 7) is 4.33. The van der Waals surface area contributed by atoms with E-state index >= 15 is 0 Å². The van der Waals surface area contributed by atoms with Gasteiger partial charge in [0.25, 0.3) is 0 Å². The van der Waals surface area contributed by atoms with Gasteiger partial charge in [-0.05, 0) is 25.7 Å². The fourth-order valence-corrected chi connectivity index (χ4v) is 4.59. The lowest BCUT2D eigenvalue weighted by Crippen LogP contribution is -2.49. The van der Waals surface area contributed by atoms with Crippen LogP contribution < -0.4 is 5.32 Å². The number of hydrogen-bond acceptors (Lipinski definition) is 4. The van der Waals surface area contributed by atoms with Crippen LogP contribution in [0.4, 0.5) is 0 Å². The quantitative estimate of drug-likeness (QED) is 0.769. The number of rotatable bonds is 6. The first-order chi connectivity index (χ1) is 9.67. The maximum atomic E-state index is 12.4. The maximum absolute atomic E-state index is 12.4. The average molecular weight is 319 g/mol. The Morgan fingerprint density at radius 2 is 1.62 bits per heavy atom. The van der Waals surface area contributed by atoms with Gasteiger partial charge in [0.05, 0.1) is 0 Å². The van der Waals surface area contributed by atoms with Crippen LogP contribution in [-0.2, 0) is 19.4 Å². The molecule has 0 bridgehead atoms. The molecule has 1 fully saturated rings. The van der Waals surface area contributed by atoms with Crippen LogP contribution in [0.3, 0.4) is 0 Å². The molecule has 0 aromatic heterocycles. The Bertz CT molecular complexity index is 480. The Morgan fingerprint density at radius 1 is 1.10 bits per heavy atom. The molecule has 1 amide bonds. The molecule has 0 aliphatic heterocycles. The van der Waals surface area contributed by atoms with Crippen molar-refractivity contribution in [2.75, 3.05) is 0 Å². The lowest BCUT2D eigenvalue weighted by atomic mass is 9.95. The van der Waals surface area contributed by atoms with Gasteiger partial charge in [0, 0.05) is 6.04 Å². The van der Waals surface area contributed by atoms with Gasteiger partial charge in [0.1, 0.15) is 5.25 Å². The molecule has 1 rings (SSSR count). The normalized spacial score (nSPS) is 20.0. The minimum absolute atomic E-state index is 0.00577. The molecule has 0 heterocycles. The Kier molecular flexibility index (Phi) is 6.19. The number of amides is 1. The van der Waals surface area contributed by atoms with E-state index in [9.17, 15) is 18.0 Å². The monoisotopic (exact) mass is 319 g/mol. The van der Waals surface area contributed by atoms with E-state index in [0.717, 1.165) is 32.1 Å². The Hall–Kier alpha value is -1.11. The highest BCUT2D eigenvalue weighted by molar-refractivity contribution is 7.94. The van der Waals surface area contributed by atoms with Crippen LogP contribution in [0, 0.1) is 5.92 Å². The van der Waals surface area contributed by atoms with Gasteiger partial charge < -0.3 is 10.4 Å². The van der Waals surface area contributed by atoms with Gasteiger partial charge in [-0.3, -0.25) is 9.59 Å². The second kappa shape index (κ2) is 7.24. The first kappa shape index (κ1) is 17.9. The van der Waals surface area contributed by atoms with Crippen LogP contribution in [0.15, 0.2) is 0 Å². The lowest BCUT2D eigenvalue weighted by molar-refractivity contribution is -0.137. The smallest absolute Gasteiger partial charge is 0.322 e. The third-order valence-corrected chi connectivity index (χ3v) is 6.67. The molecule has 6 nitrogen and oxygen atoms in total. The molecule has 0 aromatic carbocycles. The third-order valence-electron chi connectivity index (χ3n) is 4.02. The van der Waals surface area contributed by atoms with Gasteiger partial charge in [0.2, 0.25) is 5.91 Å². The van der Waals surface area contributed by atoms with E-state index in [4.69, 9.17) is 5.11 Å². The average Bonchev–Trinajstić information content (AvgIpc) is 2.37. The molecule has 0 spiro atoms. The van der Waals surface area contributed by atoms with Crippen molar-refractivity contribution in [3.8, 4) is 0 Å². The second-order valence-electron chi connectivity index (χ2n) is 6.08. The number of carbonyl (C=O) groups excluding carboxylic acids is 1. The van der Waals surface area contributed by atoms with Crippen LogP contribution in [0.1, 0.15) is 52.9 Å². The van der Waals surface area contributed by atoms with Gasteiger partial charge >= 0.3 is 5.97 Å². The van der Waals surface area contributed by atoms with E-state index in [1.807, 2.05) is 0 Å². The summed E-state index contributed by atoms with van der Waals surface area (Å²) in [7, 11) is -4.06. The highest BCUT2D eigenvalue weighted by Gasteiger charge is 2.42. The van der Waals surface area contributed by atoms with Crippen LogP contribution in [-0.4, -0.2) is 41.9 Å². The second-order valence-corrected chi connectivity index (χ2v) is 8.47. The van der Waals surface area contributed by atoms with Crippen molar-refractivity contribution in [2.24, 2.45) is 5.92 Å². The number of nitrogens with one attached hydrogen (secondary N) is 1. The Labute approximate surface area is 126 Å². The summed E-state index contributed by atoms with van der Waals surface area (Å²) in [5, 5.41) is 8.97. The summed E-state index contributed by atoms with van der Waals surface area (Å²) in [6, 6.07) is 0.00577. The summed E-state index contributed by atoms with van der Waals surface area (Å²) in [6.07, 6.45) is 4.89. The Balaban J connectivity index is 2.81. The molecule has 0 saturated heterocycles. The minimum Gasteiger partial charge on any atom is -0.480 e. The fraction of sp³-hybridized carbons (Fsp3) is 0.857. The number of sulfone groups is 1. The maximum Gasteiger partial charge on any atom is 0.322 e. The van der Waals surface area contributed by atoms with E-state index in [1.54, 1.807) is 0 Å². The molecular formula is C14H25NO5S. The van der Waals surface area contributed by atoms with Crippen molar-refractivity contribution in [1.29, 1.82) is 0 Å². The van der Waals surface area contributed by atoms with Crippen LogP contribution in [0.5, 0.6) is 0 Å². The molecule has 122 valence electrons. The SMILES string of the molecule is CC(C)C(C(=O)O)S(=O)(=O)C(C)C(=O)NC1CCCCC1. The van der Waals surface area contributed by atoms with Crippen molar-refractivity contribution in [2.45, 2.75) is 69.4 Å². The molecular weight excluding hydrogens is 294 g/mol. The zero-order valence-corrected chi connectivity index (χ0v) is 13.6. The van der Waals surface area contributed by atoms with E-state index in [2.05, 4.69) is 5.32 Å². The first-order valence-corrected chi connectivity index (χ1v) is 9.04. The van der Waals surface area contributed by atoms with Gasteiger partial charge in [-0.2, -0.15) is 0 Å². The van der Waals surface area contributed by atoms with Gasteiger partial charge in [-0.15, -0.1) is 0 Å². The number of hydrogen-bond donors (Lipinski definition) is 2. The van der Waals surface area contributed by atoms with Crippen molar-refractivity contribution >= 4 is 21.7 Å². The highest BCUT2D eigenvalue weighted by atomic mass is 32.2. The minimum atomic E-state index is -4.06. The van der Waals surface area contributed by atoms with Crippen LogP contribution in [0.2, 0.25) is 0 Å². The zero-order chi connectivity index (χ0) is 16.2. The van der Waals surface area contributed by atoms with E-state index in [-0.39, 0.29) is 6.04 Å². The van der Waals surface area contributed by atoms with E-state index in [1.165, 1.54) is 20.8 Å². The van der Waals surface area contributed by atoms with Crippen molar-refractivity contribution < 1.29 is 23.1 Å². The molecule has 1 saturated carbocycles. The number of carbonyl (C=O) groups is 2. The fourth-order valence-electron chi connectivity index (χ4n) is 2.74. The summed E-state index contributed by atoms with van der Waals surface area (Å²) < 4.78 is 24.7. The summed E-state index contributed by atoms with van der Waals surface area (Å²) in [5.41, 5.74) is 0. The lowest BCUT2D eigenvalue weighted by Gasteiger charge is -2.26. The molecule has 7 heteroatoms. The van der Waals surface area contributed by atoms with E-state index in [0.29, 0.717) is 0 Å². The van der Waals surface area contributed by atoms with Crippen molar-refractivity contribution in [3.05, 3.63) is 0 Å². The standard InChI is InChI=1S/C14H25NO5S/c1-9(2)12(14(17)18)21(19,20)10(3)13(16)15-11-7-5-4-6-8-11/h9-12H,4-8H2,1-3H3,(H,15,16)(H,17,18). The zero-order valence-electron chi connectivity index (χ0n) is 12.8. The number of carboxylic acid groups (broad SMARTS) is 1. The topological polar surface area (TPSA) is 101 Å². The first-order valence-electron chi connectivity index (χ1n) is 7.43. The van der Waals surface area contributed by atoms with Gasteiger partial charge in [-0.1, -0.05) is 33.1 Å². The Morgan fingerprint density at radius 3 is 2.05 bits per heavy atom. The molecule has 21 heavy (non-hydrogen) atoms. The number of aliphatic carboxylic acids is 1.